The number of epoxide rings is 2. The summed E-state index contributed by atoms with van der Waals surface area (Å²) in [5.74, 6) is -0.651. The maximum Gasteiger partial charge on any atom is 0.309 e. The van der Waals surface area contributed by atoms with Gasteiger partial charge >= 0.3 is 23.9 Å². The fourth-order valence-corrected chi connectivity index (χ4v) is 24.1. The fraction of sp³-hybridized carbons (Fsp3) is 0.697. The highest BCUT2D eigenvalue weighted by Gasteiger charge is 2.58. The highest BCUT2D eigenvalue weighted by molar-refractivity contribution is 7.18. The first-order valence-electron chi connectivity index (χ1n) is 53.1. The average molecular weight is 2080 g/mol. The minimum absolute atomic E-state index is 0. The van der Waals surface area contributed by atoms with Gasteiger partial charge in [-0.15, -0.1) is 45.3 Å². The summed E-state index contributed by atoms with van der Waals surface area (Å²) in [7, 11) is 0. The van der Waals surface area contributed by atoms with Crippen molar-refractivity contribution in [2.75, 3.05) is 0 Å². The van der Waals surface area contributed by atoms with Gasteiger partial charge in [0.05, 0.1) is 147 Å². The molecule has 808 valence electrons. The van der Waals surface area contributed by atoms with E-state index in [2.05, 4.69) is 115 Å². The second-order valence-corrected chi connectivity index (χ2v) is 52.5. The molecule has 2 aromatic carbocycles. The molecule has 6 aliphatic rings. The number of ketones is 4. The molecule has 0 saturated carbocycles. The Morgan fingerprint density at radius 1 is 0.379 bits per heavy atom. The Morgan fingerprint density at radius 3 is 1.03 bits per heavy atom. The molecule has 4 saturated heterocycles. The van der Waals surface area contributed by atoms with E-state index in [1.807, 2.05) is 156 Å². The summed E-state index contributed by atoms with van der Waals surface area (Å²) in [5.41, 5.74) is 1.12. The van der Waals surface area contributed by atoms with E-state index in [1.165, 1.54) is 11.1 Å². The Morgan fingerprint density at radius 2 is 0.683 bits per heavy atom. The van der Waals surface area contributed by atoms with Crippen molar-refractivity contribution in [3.63, 3.8) is 0 Å². The number of thiazole rings is 4. The summed E-state index contributed by atoms with van der Waals surface area (Å²) in [4.78, 5) is 125. The number of hydrogen-bond donors (Lipinski definition) is 4. The van der Waals surface area contributed by atoms with Crippen molar-refractivity contribution in [3.8, 4) is 0 Å². The number of aliphatic hydroxyl groups excluding tert-OH is 4. The number of benzene rings is 2. The van der Waals surface area contributed by atoms with Crippen molar-refractivity contribution in [1.29, 1.82) is 0 Å². The highest BCUT2D eigenvalue weighted by Crippen LogP contribution is 2.52. The van der Waals surface area contributed by atoms with Gasteiger partial charge in [0.1, 0.15) is 45.5 Å². The lowest BCUT2D eigenvalue weighted by molar-refractivity contribution is -0.166. The van der Waals surface area contributed by atoms with Crippen LogP contribution in [0.5, 0.6) is 0 Å². The molecule has 0 amide bonds. The van der Waals surface area contributed by atoms with Gasteiger partial charge in [-0.05, 0) is 241 Å². The number of hydrogen-bond acceptors (Lipinski definition) is 26. The first kappa shape index (κ1) is 123. The number of esters is 4. The van der Waals surface area contributed by atoms with Crippen LogP contribution in [0.2, 0.25) is 0 Å². The minimum Gasteiger partial charge on any atom is -0.455 e. The van der Waals surface area contributed by atoms with Crippen LogP contribution in [0.4, 0.5) is 0 Å². The molecular weight excluding hydrogens is 1900 g/mol. The molecule has 6 aliphatic heterocycles. The van der Waals surface area contributed by atoms with Crippen LogP contribution in [-0.4, -0.2) is 146 Å². The molecule has 0 radical (unpaired) electrons. The molecule has 0 bridgehead atoms. The van der Waals surface area contributed by atoms with Crippen LogP contribution >= 0.6 is 45.3 Å². The first-order chi connectivity index (χ1) is 66.7. The zero-order valence-electron chi connectivity index (χ0n) is 93.4. The second kappa shape index (κ2) is 49.9. The Bertz CT molecular complexity index is 5610. The van der Waals surface area contributed by atoms with Gasteiger partial charge in [-0.2, -0.15) is 0 Å². The summed E-state index contributed by atoms with van der Waals surface area (Å²) in [6, 6.07) is 12.1. The zero-order chi connectivity index (χ0) is 108. The summed E-state index contributed by atoms with van der Waals surface area (Å²) in [6.07, 6.45) is 16.9. The SMILES string of the molecule is C.C/C(=C\c1csc(C)n1)C1(C)CC2OC2(C)CCCC(C)C(C)C(C)C(=O)C(C)(C)C(O)CC(=O)O1.C/C1=C/CC(C)(/C(C)=C/c2csc(C)n2)OC(=O)CC(O)C(C)(C)C(=O)C(C)C(C)C(C)CCC1.C/C1=C/CC(C)(c2ccc3sc(C)nc3c2)OC(=O)CC(O)C(C)(C)C(=O)C(C)C(C)C(C)CCC1.Cc1nc2cc(C3(C)CC4OC4(C)CCCC(C)C(C)C(C)C(=O)C(C)(C)C(O)CC(=O)O3)ccc2s1. The lowest BCUT2D eigenvalue weighted by atomic mass is 9.70. The predicted octanol–water partition coefficient (Wildman–Crippen LogP) is 27.2. The Hall–Kier alpha value is -7.24. The van der Waals surface area contributed by atoms with Gasteiger partial charge in [-0.25, -0.2) is 19.9 Å². The largest absolute Gasteiger partial charge is 0.455 e. The van der Waals surface area contributed by atoms with Crippen LogP contribution in [0.1, 0.15) is 386 Å². The molecule has 145 heavy (non-hydrogen) atoms. The number of carbonyl (C=O) groups is 8. The van der Waals surface area contributed by atoms with Crippen LogP contribution in [0, 0.1) is 120 Å². The van der Waals surface area contributed by atoms with E-state index in [4.69, 9.17) is 28.4 Å². The van der Waals surface area contributed by atoms with Gasteiger partial charge in [0.25, 0.3) is 0 Å². The molecule has 24 atom stereocenters. The lowest BCUT2D eigenvalue weighted by Crippen LogP contribution is -2.44. The Kier molecular flexibility index (Phi) is 42.3. The smallest absolute Gasteiger partial charge is 0.309 e. The van der Waals surface area contributed by atoms with Gasteiger partial charge in [0.2, 0.25) is 0 Å². The normalized spacial score (nSPS) is 35.5. The second-order valence-electron chi connectivity index (χ2n) is 47.9. The number of aliphatic hydroxyl groups is 4. The Labute approximate surface area is 884 Å². The summed E-state index contributed by atoms with van der Waals surface area (Å²) in [5, 5.41) is 52.1. The number of fused-ring (bicyclic) bond motifs is 4. The van der Waals surface area contributed by atoms with Crippen LogP contribution in [0.15, 0.2) is 81.6 Å². The standard InChI is InChI=1S/C30H43NO5S.C30H43NO4S.C29H45NO5S.C29H45NO4S.CH4/c1-17-10-9-13-29(7)25(35-29)16-30(8,21-11-12-23-22(14-21)31-20(4)37-23)36-26(33)15-24(32)28(5,6)27(34)19(3)18(17)2;1-18-10-9-11-19(2)20(3)21(4)28(34)29(6,7)26(32)17-27(33)35-30(8,15-14-18)23-12-13-25-24(16-23)31-22(5)36-25;1-17-11-10-12-28(8)24(34-28)15-29(9,18(2)13-22-16-36-21(5)30-22)35-25(32)14-23(31)27(6,7)26(33)20(4)19(17)3;1-18-11-10-12-19(2)21(4)22(5)27(33)28(7,8)25(31)16-26(32)34-29(9,14-13-18)20(3)15-24-17-35-23(6)30-24;/h11-12,14,17-19,24-25,32H,9-10,13,15-16H2,1-8H3;12-14,16,19-21,26,32H,9-11,15,17H2,1-8H3;13,16-17,19-20,23-24,31H,10-12,14-15H2,1-9H3;13,15,17,19,21-22,25,31H,10-12,14,16H2,1-9H3;1H4/b;18-14-;18-13+;18-13-,20-15+;. The molecule has 26 heteroatoms. The topological polar surface area (TPSA) is 331 Å². The first-order valence-corrected chi connectivity index (χ1v) is 56.5. The number of nitrogens with zero attached hydrogens (tertiary/aromatic N) is 4. The van der Waals surface area contributed by atoms with Crippen LogP contribution < -0.4 is 0 Å². The number of Topliss-reactive ketones (excluding diaryl/α,β-unsaturated/α-hetero) is 4. The third-order valence-electron chi connectivity index (χ3n) is 35.0. The van der Waals surface area contributed by atoms with Crippen molar-refractivity contribution in [2.24, 2.45) is 92.7 Å². The van der Waals surface area contributed by atoms with Crippen molar-refractivity contribution in [1.82, 2.24) is 19.9 Å². The molecule has 12 rings (SSSR count). The molecule has 4 fully saturated rings. The molecule has 0 aliphatic carbocycles. The number of rotatable bonds is 6. The van der Waals surface area contributed by atoms with Crippen molar-refractivity contribution in [3.05, 3.63) is 124 Å². The molecule has 4 N–H and O–H groups in total. The average Bonchev–Trinajstić information content (AvgIpc) is 1.60. The van der Waals surface area contributed by atoms with Crippen molar-refractivity contribution >= 4 is 125 Å². The highest BCUT2D eigenvalue weighted by atomic mass is 32.1. The zero-order valence-corrected chi connectivity index (χ0v) is 96.7. The summed E-state index contributed by atoms with van der Waals surface area (Å²) < 4.78 is 39.0. The van der Waals surface area contributed by atoms with Crippen molar-refractivity contribution in [2.45, 2.75) is 441 Å². The van der Waals surface area contributed by atoms with E-state index in [9.17, 15) is 58.8 Å². The fourth-order valence-electron chi connectivity index (χ4n) is 21.3. The van der Waals surface area contributed by atoms with E-state index < -0.39 is 92.4 Å². The van der Waals surface area contributed by atoms with Gasteiger partial charge in [-0.3, -0.25) is 38.4 Å². The number of carbonyl (C=O) groups excluding carboxylic acids is 8. The van der Waals surface area contributed by atoms with E-state index in [-0.39, 0.29) is 127 Å². The quantitative estimate of drug-likeness (QED) is 0.0521. The van der Waals surface area contributed by atoms with Crippen LogP contribution in [-0.2, 0) is 78.0 Å². The van der Waals surface area contributed by atoms with Gasteiger partial charge in [0.15, 0.2) is 0 Å². The molecule has 6 aromatic rings. The number of cyclic esters (lactones) is 4. The van der Waals surface area contributed by atoms with Gasteiger partial charge in [-0.1, -0.05) is 220 Å². The third kappa shape index (κ3) is 31.1. The maximum absolute atomic E-state index is 13.5. The molecule has 0 spiro atoms. The van der Waals surface area contributed by atoms with E-state index in [1.54, 1.807) is 101 Å². The minimum atomic E-state index is -1.14. The van der Waals surface area contributed by atoms with Crippen molar-refractivity contribution < 1.29 is 87.2 Å². The monoisotopic (exact) mass is 2080 g/mol. The number of aryl methyl sites for hydroxylation is 4. The third-order valence-corrected chi connectivity index (χ3v) is 38.5. The predicted molar refractivity (Wildman–Crippen MR) is 588 cm³/mol. The lowest BCUT2D eigenvalue weighted by Gasteiger charge is -2.36. The number of allylic oxidation sites excluding steroid dienone is 2. The maximum atomic E-state index is 13.5. The van der Waals surface area contributed by atoms with Crippen LogP contribution in [0.3, 0.4) is 0 Å². The Balaban J connectivity index is 0.000000236. The molecule has 24 unspecified atom stereocenters. The van der Waals surface area contributed by atoms with Gasteiger partial charge < -0.3 is 48.8 Å². The van der Waals surface area contributed by atoms with Crippen LogP contribution in [0.25, 0.3) is 32.6 Å². The molecule has 4 aromatic heterocycles. The van der Waals surface area contributed by atoms with E-state index in [0.717, 1.165) is 151 Å². The number of ether oxygens (including phenoxy) is 6. The van der Waals surface area contributed by atoms with E-state index in [0.29, 0.717) is 49.4 Å². The van der Waals surface area contributed by atoms with Gasteiger partial charge in [0, 0.05) is 60.1 Å². The summed E-state index contributed by atoms with van der Waals surface area (Å²) >= 11 is 6.43. The number of aromatic nitrogens is 4. The van der Waals surface area contributed by atoms with E-state index >= 15 is 0 Å². The molecular formula is C119H180N4O18S4. The molecule has 10 heterocycles. The summed E-state index contributed by atoms with van der Waals surface area (Å²) in [6.45, 7) is 67.1. The molecule has 22 nitrogen and oxygen atoms in total.